The van der Waals surface area contributed by atoms with Crippen molar-refractivity contribution in [2.45, 2.75) is 30.7 Å². The predicted molar refractivity (Wildman–Crippen MR) is 90.4 cm³/mol. The van der Waals surface area contributed by atoms with Crippen LogP contribution in [0.3, 0.4) is 0 Å². The van der Waals surface area contributed by atoms with Crippen LogP contribution in [0.25, 0.3) is 0 Å². The number of halogens is 2. The zero-order valence-corrected chi connectivity index (χ0v) is 13.6. The molecule has 0 bridgehead atoms. The molecule has 110 valence electrons. The van der Waals surface area contributed by atoms with Crippen molar-refractivity contribution in [1.29, 1.82) is 0 Å². The molecular weight excluding hydrogens is 301 g/mol. The fraction of sp³-hybridized carbons (Fsp3) is 0.333. The van der Waals surface area contributed by atoms with Crippen molar-refractivity contribution in [3.63, 3.8) is 0 Å². The fourth-order valence-corrected chi connectivity index (χ4v) is 3.80. The van der Waals surface area contributed by atoms with E-state index in [1.54, 1.807) is 0 Å². The smallest absolute Gasteiger partial charge is 0.0453 e. The quantitative estimate of drug-likeness (QED) is 0.830. The molecule has 21 heavy (non-hydrogen) atoms. The van der Waals surface area contributed by atoms with Crippen LogP contribution < -0.4 is 5.32 Å². The van der Waals surface area contributed by atoms with Gasteiger partial charge in [-0.25, -0.2) is 0 Å². The van der Waals surface area contributed by atoms with Crippen LogP contribution in [-0.4, -0.2) is 13.1 Å². The Labute approximate surface area is 136 Å². The lowest BCUT2D eigenvalue weighted by atomic mass is 9.84. The third-order valence-electron chi connectivity index (χ3n) is 4.62. The third-order valence-corrected chi connectivity index (χ3v) is 5.33. The van der Waals surface area contributed by atoms with Crippen molar-refractivity contribution in [1.82, 2.24) is 5.32 Å². The summed E-state index contributed by atoms with van der Waals surface area (Å²) in [6.45, 7) is 0. The molecule has 3 rings (SSSR count). The fourth-order valence-electron chi connectivity index (χ4n) is 3.25. The van der Waals surface area contributed by atoms with Gasteiger partial charge in [-0.1, -0.05) is 59.6 Å². The lowest BCUT2D eigenvalue weighted by molar-refractivity contribution is 0.442. The third kappa shape index (κ3) is 2.83. The Bertz CT molecular complexity index is 600. The highest BCUT2D eigenvalue weighted by Gasteiger charge is 2.50. The Hall–Kier alpha value is -1.02. The Morgan fingerprint density at radius 2 is 1.62 bits per heavy atom. The molecule has 1 saturated carbocycles. The van der Waals surface area contributed by atoms with E-state index in [1.165, 1.54) is 18.4 Å². The summed E-state index contributed by atoms with van der Waals surface area (Å²) in [6.07, 6.45) is 3.28. The molecule has 0 saturated heterocycles. The first-order chi connectivity index (χ1) is 10.2. The minimum Gasteiger partial charge on any atom is -0.316 e. The summed E-state index contributed by atoms with van der Waals surface area (Å²) in [7, 11) is 2.03. The predicted octanol–water partition coefficient (Wildman–Crippen LogP) is 4.86. The zero-order valence-electron chi connectivity index (χ0n) is 12.1. The molecule has 1 nitrogen and oxygen atoms in total. The Morgan fingerprint density at radius 1 is 1.00 bits per heavy atom. The largest absolute Gasteiger partial charge is 0.316 e. The highest BCUT2D eigenvalue weighted by Crippen LogP contribution is 2.52. The number of nitrogens with one attached hydrogen (secondary N) is 1. The zero-order chi connectivity index (χ0) is 14.9. The molecule has 3 heteroatoms. The Morgan fingerprint density at radius 3 is 2.14 bits per heavy atom. The van der Waals surface area contributed by atoms with Crippen LogP contribution in [0.5, 0.6) is 0 Å². The molecule has 0 amide bonds. The first-order valence-electron chi connectivity index (χ1n) is 7.33. The van der Waals surface area contributed by atoms with Gasteiger partial charge in [-0.15, -0.1) is 0 Å². The lowest BCUT2D eigenvalue weighted by Crippen LogP contribution is -2.39. The molecule has 0 aliphatic heterocycles. The maximum absolute atomic E-state index is 6.33. The van der Waals surface area contributed by atoms with E-state index in [0.29, 0.717) is 6.04 Å². The summed E-state index contributed by atoms with van der Waals surface area (Å²) >= 11 is 12.7. The number of hydrogen-bond donors (Lipinski definition) is 1. The van der Waals surface area contributed by atoms with E-state index in [-0.39, 0.29) is 5.41 Å². The van der Waals surface area contributed by atoms with Crippen LogP contribution in [-0.2, 0) is 11.8 Å². The van der Waals surface area contributed by atoms with Gasteiger partial charge in [0.1, 0.15) is 0 Å². The molecule has 1 unspecified atom stereocenters. The van der Waals surface area contributed by atoms with E-state index in [0.717, 1.165) is 22.0 Å². The van der Waals surface area contributed by atoms with Gasteiger partial charge in [-0.2, -0.15) is 0 Å². The van der Waals surface area contributed by atoms with Crippen LogP contribution in [0, 0.1) is 0 Å². The second kappa shape index (κ2) is 6.00. The monoisotopic (exact) mass is 319 g/mol. The van der Waals surface area contributed by atoms with Gasteiger partial charge in [0.15, 0.2) is 0 Å². The van der Waals surface area contributed by atoms with Crippen LogP contribution >= 0.6 is 23.2 Å². The van der Waals surface area contributed by atoms with Gasteiger partial charge in [0.25, 0.3) is 0 Å². The van der Waals surface area contributed by atoms with E-state index in [4.69, 9.17) is 23.2 Å². The maximum Gasteiger partial charge on any atom is 0.0453 e. The van der Waals surface area contributed by atoms with Crippen LogP contribution in [0.2, 0.25) is 10.0 Å². The molecule has 0 spiro atoms. The van der Waals surface area contributed by atoms with Gasteiger partial charge >= 0.3 is 0 Å². The number of rotatable bonds is 5. The molecule has 0 heterocycles. The second-order valence-corrected chi connectivity index (χ2v) is 6.58. The molecule has 0 aromatic heterocycles. The molecule has 1 atom stereocenters. The van der Waals surface area contributed by atoms with Crippen LogP contribution in [0.4, 0.5) is 0 Å². The van der Waals surface area contributed by atoms with Crippen molar-refractivity contribution in [2.24, 2.45) is 0 Å². The summed E-state index contributed by atoms with van der Waals surface area (Å²) < 4.78 is 0. The standard InChI is InChI=1S/C18H19Cl2N/c1-21-17(12-14-15(19)8-5-9-16(14)20)18(10-11-18)13-6-3-2-4-7-13/h2-9,17,21H,10-12H2,1H3. The first kappa shape index (κ1) is 14.9. The van der Waals surface area contributed by atoms with E-state index < -0.39 is 0 Å². The van der Waals surface area contributed by atoms with Gasteiger partial charge in [0.2, 0.25) is 0 Å². The Kier molecular flexibility index (Phi) is 4.26. The molecule has 1 fully saturated rings. The van der Waals surface area contributed by atoms with Gasteiger partial charge in [0, 0.05) is 21.5 Å². The topological polar surface area (TPSA) is 12.0 Å². The normalized spacial score (nSPS) is 17.5. The van der Waals surface area contributed by atoms with Gasteiger partial charge in [-0.05, 0) is 49.6 Å². The Balaban J connectivity index is 1.90. The maximum atomic E-state index is 6.33. The number of hydrogen-bond acceptors (Lipinski definition) is 1. The average Bonchev–Trinajstić information content (AvgIpc) is 3.30. The van der Waals surface area contributed by atoms with E-state index in [2.05, 4.69) is 35.6 Å². The molecule has 0 radical (unpaired) electrons. The molecule has 2 aromatic rings. The van der Waals surface area contributed by atoms with Gasteiger partial charge in [0.05, 0.1) is 0 Å². The highest BCUT2D eigenvalue weighted by atomic mass is 35.5. The summed E-state index contributed by atoms with van der Waals surface area (Å²) in [6, 6.07) is 16.8. The van der Waals surface area contributed by atoms with Gasteiger partial charge in [-0.3, -0.25) is 0 Å². The summed E-state index contributed by atoms with van der Waals surface area (Å²) in [5, 5.41) is 5.00. The van der Waals surface area contributed by atoms with Crippen molar-refractivity contribution in [3.8, 4) is 0 Å². The lowest BCUT2D eigenvalue weighted by Gasteiger charge is -2.28. The van der Waals surface area contributed by atoms with Crippen LogP contribution in [0.15, 0.2) is 48.5 Å². The van der Waals surface area contributed by atoms with E-state index >= 15 is 0 Å². The number of likely N-dealkylation sites (N-methyl/N-ethyl adjacent to an activating group) is 1. The average molecular weight is 320 g/mol. The first-order valence-corrected chi connectivity index (χ1v) is 8.08. The molecule has 2 aromatic carbocycles. The van der Waals surface area contributed by atoms with Crippen molar-refractivity contribution in [2.75, 3.05) is 7.05 Å². The second-order valence-electron chi connectivity index (χ2n) is 5.77. The molecule has 1 N–H and O–H groups in total. The van der Waals surface area contributed by atoms with Crippen molar-refractivity contribution >= 4 is 23.2 Å². The van der Waals surface area contributed by atoms with Gasteiger partial charge < -0.3 is 5.32 Å². The SMILES string of the molecule is CNC(Cc1c(Cl)cccc1Cl)C1(c2ccccc2)CC1. The summed E-state index contributed by atoms with van der Waals surface area (Å²) in [5.74, 6) is 0. The summed E-state index contributed by atoms with van der Waals surface area (Å²) in [4.78, 5) is 0. The minimum atomic E-state index is 0.221. The van der Waals surface area contributed by atoms with Crippen molar-refractivity contribution in [3.05, 3.63) is 69.7 Å². The molecule has 1 aliphatic rings. The number of benzene rings is 2. The highest BCUT2D eigenvalue weighted by molar-refractivity contribution is 6.36. The molecule has 1 aliphatic carbocycles. The van der Waals surface area contributed by atoms with E-state index in [1.807, 2.05) is 25.2 Å². The van der Waals surface area contributed by atoms with Crippen molar-refractivity contribution < 1.29 is 0 Å². The minimum absolute atomic E-state index is 0.221. The molecular formula is C18H19Cl2N. The summed E-state index contributed by atoms with van der Waals surface area (Å²) in [5.41, 5.74) is 2.67. The van der Waals surface area contributed by atoms with Crippen LogP contribution in [0.1, 0.15) is 24.0 Å². The van der Waals surface area contributed by atoms with E-state index in [9.17, 15) is 0 Å².